The Morgan fingerprint density at radius 2 is 1.69 bits per heavy atom. The summed E-state index contributed by atoms with van der Waals surface area (Å²) in [5, 5.41) is 65.9. The highest BCUT2D eigenvalue weighted by Crippen LogP contribution is 2.77. The van der Waals surface area contributed by atoms with Crippen molar-refractivity contribution in [1.29, 1.82) is 0 Å². The first kappa shape index (κ1) is 38.0. The second-order valence-electron chi connectivity index (χ2n) is 15.5. The maximum atomic E-state index is 13.6. The summed E-state index contributed by atoms with van der Waals surface area (Å²) < 4.78 is 23.7. The van der Waals surface area contributed by atoms with Crippen molar-refractivity contribution in [1.82, 2.24) is 0 Å². The zero-order chi connectivity index (χ0) is 36.3. The minimum absolute atomic E-state index is 0.178. The molecule has 13 nitrogen and oxygen atoms in total. The van der Waals surface area contributed by atoms with Gasteiger partial charge in [0.25, 0.3) is 0 Å². The van der Waals surface area contributed by atoms with Gasteiger partial charge in [-0.15, -0.1) is 0 Å². The summed E-state index contributed by atoms with van der Waals surface area (Å²) >= 11 is 0. The monoisotopic (exact) mass is 694 g/mol. The number of carbonyl (C=O) groups is 3. The Kier molecular flexibility index (Phi) is 10.6. The van der Waals surface area contributed by atoms with E-state index in [9.17, 15) is 45.0 Å². The van der Waals surface area contributed by atoms with Crippen molar-refractivity contribution in [3.05, 3.63) is 23.3 Å². The molecule has 1 saturated heterocycles. The number of Topliss-reactive ketones (excluding diaryl/α,β-unsaturated/α-hetero) is 1. The number of ketones is 1. The van der Waals surface area contributed by atoms with E-state index in [2.05, 4.69) is 6.92 Å². The fourth-order valence-corrected chi connectivity index (χ4v) is 9.50. The third-order valence-corrected chi connectivity index (χ3v) is 12.1. The highest BCUT2D eigenvalue weighted by Gasteiger charge is 2.87. The standard InChI is InChI=1S/C36H54O13/c1-7-8-9-10-11-12-25(39)49-36-29(33(36,5)6)22-14-21(17-46-32-28(42)27(41)26(40)23(16-37)48-32)15-34(44)24(13-18(2)30(34)43)35(22,45)19(3)31(36)47-20(4)38/h13-14,19,22-24,26-29,31-32,37,40-42,44-45H,7-12,15-17H2,1-6H3/t19-,22+,23-,24-,26+,27+,28-,29-,31-,32?,34-,35-,36-/m1/s1. The number of aliphatic hydroxyl groups excluding tert-OH is 4. The molecule has 1 heterocycles. The second kappa shape index (κ2) is 13.7. The number of aliphatic hydroxyl groups is 6. The first-order valence-corrected chi connectivity index (χ1v) is 17.6. The molecule has 3 fully saturated rings. The summed E-state index contributed by atoms with van der Waals surface area (Å²) in [6.07, 6.45) is -0.860. The van der Waals surface area contributed by atoms with E-state index in [1.165, 1.54) is 6.92 Å². The van der Waals surface area contributed by atoms with Gasteiger partial charge in [-0.1, -0.05) is 65.5 Å². The topological polar surface area (TPSA) is 210 Å². The van der Waals surface area contributed by atoms with Crippen LogP contribution in [-0.4, -0.2) is 115 Å². The number of rotatable bonds is 12. The Morgan fingerprint density at radius 3 is 2.33 bits per heavy atom. The van der Waals surface area contributed by atoms with Crippen LogP contribution in [0.25, 0.3) is 0 Å². The predicted octanol–water partition coefficient (Wildman–Crippen LogP) is 1.24. The Balaban J connectivity index is 1.53. The SMILES string of the molecule is CCCCCCCC(=O)O[C@@]12[C@H](OC(C)=O)[C@@H](C)[C@@]3(O)[C@@H](C=C(COC4O[C@H](CO)[C@H](O)[C@H](O)[C@H]4O)C[C@]4(O)C(=O)C(C)=C[C@@H]34)[C@@H]1C2(C)C. The van der Waals surface area contributed by atoms with Crippen molar-refractivity contribution in [2.45, 2.75) is 140 Å². The van der Waals surface area contributed by atoms with E-state index >= 15 is 0 Å². The van der Waals surface area contributed by atoms with Crippen molar-refractivity contribution in [2.24, 2.45) is 29.1 Å². The molecule has 2 saturated carbocycles. The smallest absolute Gasteiger partial charge is 0.306 e. The zero-order valence-corrected chi connectivity index (χ0v) is 29.3. The number of unbranched alkanes of at least 4 members (excludes halogenated alkanes) is 4. The molecule has 13 atom stereocenters. The number of esters is 2. The first-order chi connectivity index (χ1) is 22.9. The zero-order valence-electron chi connectivity index (χ0n) is 29.3. The van der Waals surface area contributed by atoms with Gasteiger partial charge in [0.2, 0.25) is 0 Å². The van der Waals surface area contributed by atoms with Crippen LogP contribution in [0, 0.1) is 29.1 Å². The molecule has 0 amide bonds. The van der Waals surface area contributed by atoms with Crippen LogP contribution in [0.15, 0.2) is 23.3 Å². The van der Waals surface area contributed by atoms with Crippen molar-refractivity contribution in [3.8, 4) is 0 Å². The molecule has 0 radical (unpaired) electrons. The number of carbonyl (C=O) groups excluding carboxylic acids is 3. The van der Waals surface area contributed by atoms with E-state index in [0.29, 0.717) is 12.0 Å². The van der Waals surface area contributed by atoms with Gasteiger partial charge in [0, 0.05) is 48.9 Å². The third kappa shape index (κ3) is 6.01. The molecule has 0 aromatic rings. The fraction of sp³-hybridized carbons (Fsp3) is 0.806. The van der Waals surface area contributed by atoms with E-state index < -0.39 is 107 Å². The molecule has 276 valence electrons. The summed E-state index contributed by atoms with van der Waals surface area (Å²) in [5.41, 5.74) is -5.48. The van der Waals surface area contributed by atoms with Gasteiger partial charge in [0.1, 0.15) is 36.1 Å². The minimum atomic E-state index is -2.11. The van der Waals surface area contributed by atoms with Crippen LogP contribution >= 0.6 is 0 Å². The normalized spacial score (nSPS) is 43.7. The number of hydrogen-bond acceptors (Lipinski definition) is 13. The summed E-state index contributed by atoms with van der Waals surface area (Å²) in [6.45, 7) is 9.40. The average Bonchev–Trinajstić information content (AvgIpc) is 3.46. The van der Waals surface area contributed by atoms with E-state index in [4.69, 9.17) is 18.9 Å². The lowest BCUT2D eigenvalue weighted by Crippen LogP contribution is -2.66. The van der Waals surface area contributed by atoms with Gasteiger partial charge in [0.15, 0.2) is 17.7 Å². The molecule has 1 aliphatic heterocycles. The molecular formula is C36H54O13. The predicted molar refractivity (Wildman–Crippen MR) is 172 cm³/mol. The minimum Gasteiger partial charge on any atom is -0.458 e. The van der Waals surface area contributed by atoms with Crippen LogP contribution in [-0.2, 0) is 33.3 Å². The van der Waals surface area contributed by atoms with Crippen molar-refractivity contribution in [2.75, 3.05) is 13.2 Å². The lowest BCUT2D eigenvalue weighted by atomic mass is 9.59. The number of fused-ring (bicyclic) bond motifs is 5. The van der Waals surface area contributed by atoms with E-state index in [1.807, 2.05) is 13.8 Å². The van der Waals surface area contributed by atoms with Gasteiger partial charge in [0.05, 0.1) is 18.8 Å². The van der Waals surface area contributed by atoms with Gasteiger partial charge in [-0.3, -0.25) is 14.4 Å². The highest BCUT2D eigenvalue weighted by molar-refractivity contribution is 6.04. The molecule has 0 bridgehead atoms. The molecule has 5 aliphatic rings. The van der Waals surface area contributed by atoms with Gasteiger partial charge in [-0.05, 0) is 24.5 Å². The van der Waals surface area contributed by atoms with Crippen LogP contribution in [0.4, 0.5) is 0 Å². The second-order valence-corrected chi connectivity index (χ2v) is 15.5. The summed E-state index contributed by atoms with van der Waals surface area (Å²) in [4.78, 5) is 39.7. The Morgan fingerprint density at radius 1 is 1.02 bits per heavy atom. The largest absolute Gasteiger partial charge is 0.458 e. The van der Waals surface area contributed by atoms with Gasteiger partial charge >= 0.3 is 11.9 Å². The quantitative estimate of drug-likeness (QED) is 0.0967. The van der Waals surface area contributed by atoms with Gasteiger partial charge in [-0.25, -0.2) is 0 Å². The van der Waals surface area contributed by atoms with E-state index in [1.54, 1.807) is 26.0 Å². The van der Waals surface area contributed by atoms with Crippen LogP contribution in [0.3, 0.4) is 0 Å². The molecule has 0 spiro atoms. The van der Waals surface area contributed by atoms with Crippen molar-refractivity contribution < 1.29 is 64.0 Å². The van der Waals surface area contributed by atoms with E-state index in [-0.39, 0.29) is 25.0 Å². The molecule has 0 aromatic carbocycles. The lowest BCUT2D eigenvalue weighted by Gasteiger charge is -2.53. The maximum absolute atomic E-state index is 13.6. The third-order valence-electron chi connectivity index (χ3n) is 12.1. The van der Waals surface area contributed by atoms with Crippen LogP contribution in [0.2, 0.25) is 0 Å². The Hall–Kier alpha value is -2.23. The Labute approximate surface area is 287 Å². The van der Waals surface area contributed by atoms with Crippen molar-refractivity contribution >= 4 is 17.7 Å². The molecule has 1 unspecified atom stereocenters. The maximum Gasteiger partial charge on any atom is 0.306 e. The number of hydrogen-bond donors (Lipinski definition) is 6. The molecule has 5 rings (SSSR count). The van der Waals surface area contributed by atoms with Crippen LogP contribution in [0.5, 0.6) is 0 Å². The summed E-state index contributed by atoms with van der Waals surface area (Å²) in [6, 6.07) is 0. The van der Waals surface area contributed by atoms with E-state index in [0.717, 1.165) is 25.7 Å². The van der Waals surface area contributed by atoms with Crippen LogP contribution in [0.1, 0.15) is 86.5 Å². The van der Waals surface area contributed by atoms with Crippen molar-refractivity contribution in [3.63, 3.8) is 0 Å². The molecule has 49 heavy (non-hydrogen) atoms. The fourth-order valence-electron chi connectivity index (χ4n) is 9.50. The molecule has 6 N–H and O–H groups in total. The highest BCUT2D eigenvalue weighted by atomic mass is 16.7. The molecular weight excluding hydrogens is 640 g/mol. The molecule has 0 aromatic heterocycles. The molecule has 13 heteroatoms. The average molecular weight is 695 g/mol. The molecule has 4 aliphatic carbocycles. The first-order valence-electron chi connectivity index (χ1n) is 17.6. The number of ether oxygens (including phenoxy) is 4. The van der Waals surface area contributed by atoms with Gasteiger partial charge < -0.3 is 49.6 Å². The van der Waals surface area contributed by atoms with Crippen LogP contribution < -0.4 is 0 Å². The van der Waals surface area contributed by atoms with Gasteiger partial charge in [-0.2, -0.15) is 0 Å². The lowest BCUT2D eigenvalue weighted by molar-refractivity contribution is -0.299. The summed E-state index contributed by atoms with van der Waals surface area (Å²) in [5.74, 6) is -5.14. The summed E-state index contributed by atoms with van der Waals surface area (Å²) in [7, 11) is 0. The Bertz CT molecular complexity index is 1360.